The number of nitrogens with one attached hydrogen (secondary N) is 1. The van der Waals surface area contributed by atoms with E-state index in [1.54, 1.807) is 32.4 Å². The summed E-state index contributed by atoms with van der Waals surface area (Å²) in [4.78, 5) is 12.5. The van der Waals surface area contributed by atoms with Crippen molar-refractivity contribution in [3.8, 4) is 17.2 Å². The molecule has 0 unspecified atom stereocenters. The number of amides is 1. The predicted molar refractivity (Wildman–Crippen MR) is 108 cm³/mol. The van der Waals surface area contributed by atoms with Crippen LogP contribution in [0.1, 0.15) is 21.5 Å². The van der Waals surface area contributed by atoms with Crippen LogP contribution in [-0.2, 0) is 13.2 Å². The van der Waals surface area contributed by atoms with Gasteiger partial charge in [-0.05, 0) is 35.9 Å². The van der Waals surface area contributed by atoms with E-state index in [0.717, 1.165) is 16.9 Å². The van der Waals surface area contributed by atoms with Crippen LogP contribution in [0.5, 0.6) is 17.2 Å². The molecule has 1 amide bonds. The first-order valence-corrected chi connectivity index (χ1v) is 8.95. The predicted octanol–water partition coefficient (Wildman–Crippen LogP) is 4.21. The van der Waals surface area contributed by atoms with Crippen LogP contribution in [0.15, 0.2) is 72.8 Å². The third kappa shape index (κ3) is 5.04. The van der Waals surface area contributed by atoms with E-state index in [4.69, 9.17) is 14.2 Å². The molecule has 28 heavy (non-hydrogen) atoms. The molecule has 0 atom stereocenters. The van der Waals surface area contributed by atoms with Crippen molar-refractivity contribution in [3.63, 3.8) is 0 Å². The highest BCUT2D eigenvalue weighted by Crippen LogP contribution is 2.24. The lowest BCUT2D eigenvalue weighted by Gasteiger charge is -2.13. The van der Waals surface area contributed by atoms with Gasteiger partial charge in [-0.2, -0.15) is 0 Å². The topological polar surface area (TPSA) is 56.8 Å². The summed E-state index contributed by atoms with van der Waals surface area (Å²) in [7, 11) is 3.21. The second kappa shape index (κ2) is 9.46. The van der Waals surface area contributed by atoms with Crippen molar-refractivity contribution < 1.29 is 19.0 Å². The van der Waals surface area contributed by atoms with Gasteiger partial charge in [-0.3, -0.25) is 4.79 Å². The lowest BCUT2D eigenvalue weighted by atomic mass is 10.1. The molecule has 144 valence electrons. The van der Waals surface area contributed by atoms with E-state index in [9.17, 15) is 4.79 Å². The molecule has 0 aliphatic rings. The molecule has 0 aromatic heterocycles. The number of carbonyl (C=O) groups excluding carboxylic acids is 1. The van der Waals surface area contributed by atoms with Gasteiger partial charge in [0.05, 0.1) is 14.2 Å². The summed E-state index contributed by atoms with van der Waals surface area (Å²) in [6.45, 7) is 0.748. The Bertz CT molecular complexity index is 925. The van der Waals surface area contributed by atoms with Gasteiger partial charge in [0.25, 0.3) is 5.91 Å². The second-order valence-corrected chi connectivity index (χ2v) is 6.16. The fourth-order valence-corrected chi connectivity index (χ4v) is 2.76. The van der Waals surface area contributed by atoms with E-state index < -0.39 is 0 Å². The Morgan fingerprint density at radius 2 is 1.64 bits per heavy atom. The summed E-state index contributed by atoms with van der Waals surface area (Å²) in [6.07, 6.45) is 0. The molecule has 0 spiro atoms. The van der Waals surface area contributed by atoms with Crippen LogP contribution in [0, 0.1) is 0 Å². The minimum Gasteiger partial charge on any atom is -0.497 e. The number of hydrogen-bond acceptors (Lipinski definition) is 4. The molecule has 0 aliphatic carbocycles. The molecule has 5 nitrogen and oxygen atoms in total. The van der Waals surface area contributed by atoms with Crippen LogP contribution in [0.2, 0.25) is 0 Å². The van der Waals surface area contributed by atoms with E-state index in [1.165, 1.54) is 0 Å². The Balaban J connectivity index is 1.69. The van der Waals surface area contributed by atoms with Crippen LogP contribution in [0.25, 0.3) is 0 Å². The Kier molecular flexibility index (Phi) is 6.52. The number of carbonyl (C=O) groups is 1. The van der Waals surface area contributed by atoms with Crippen molar-refractivity contribution >= 4 is 5.91 Å². The molecule has 0 bridgehead atoms. The molecule has 0 radical (unpaired) electrons. The highest BCUT2D eigenvalue weighted by Gasteiger charge is 2.11. The van der Waals surface area contributed by atoms with Crippen molar-refractivity contribution in [2.45, 2.75) is 13.2 Å². The van der Waals surface area contributed by atoms with Gasteiger partial charge in [0.2, 0.25) is 0 Å². The average Bonchev–Trinajstić information content (AvgIpc) is 2.76. The van der Waals surface area contributed by atoms with Crippen molar-refractivity contribution in [2.24, 2.45) is 0 Å². The highest BCUT2D eigenvalue weighted by atomic mass is 16.5. The Hall–Kier alpha value is -3.47. The standard InChI is InChI=1S/C23H23NO4/c1-26-20-9-6-10-21(14-20)28-16-19-13-18(11-12-22(19)27-2)23(25)24-15-17-7-4-3-5-8-17/h3-14H,15-16H2,1-2H3,(H,24,25). The van der Waals surface area contributed by atoms with Crippen LogP contribution >= 0.6 is 0 Å². The van der Waals surface area contributed by atoms with Crippen LogP contribution in [-0.4, -0.2) is 20.1 Å². The SMILES string of the molecule is COc1cccc(OCc2cc(C(=O)NCc3ccccc3)ccc2OC)c1. The summed E-state index contributed by atoms with van der Waals surface area (Å²) in [5.74, 6) is 1.93. The van der Waals surface area contributed by atoms with Crippen LogP contribution in [0.4, 0.5) is 0 Å². The first-order valence-electron chi connectivity index (χ1n) is 8.95. The quantitative estimate of drug-likeness (QED) is 0.639. The Labute approximate surface area is 164 Å². The zero-order chi connectivity index (χ0) is 19.8. The maximum absolute atomic E-state index is 12.5. The van der Waals surface area contributed by atoms with Crippen molar-refractivity contribution in [2.75, 3.05) is 14.2 Å². The number of methoxy groups -OCH3 is 2. The second-order valence-electron chi connectivity index (χ2n) is 6.16. The van der Waals surface area contributed by atoms with E-state index in [0.29, 0.717) is 23.6 Å². The maximum atomic E-state index is 12.5. The van der Waals surface area contributed by atoms with Crippen LogP contribution < -0.4 is 19.5 Å². The fourth-order valence-electron chi connectivity index (χ4n) is 2.76. The largest absolute Gasteiger partial charge is 0.497 e. The molecule has 3 rings (SSSR count). The molecule has 0 heterocycles. The first-order chi connectivity index (χ1) is 13.7. The van der Waals surface area contributed by atoms with Gasteiger partial charge in [-0.25, -0.2) is 0 Å². The molecule has 0 saturated heterocycles. The molecule has 0 aliphatic heterocycles. The van der Waals surface area contributed by atoms with Gasteiger partial charge < -0.3 is 19.5 Å². The zero-order valence-electron chi connectivity index (χ0n) is 16.0. The number of benzene rings is 3. The molecule has 0 fully saturated rings. The lowest BCUT2D eigenvalue weighted by molar-refractivity contribution is 0.0950. The van der Waals surface area contributed by atoms with Crippen molar-refractivity contribution in [1.29, 1.82) is 0 Å². The van der Waals surface area contributed by atoms with E-state index in [1.807, 2.05) is 54.6 Å². The van der Waals surface area contributed by atoms with Gasteiger partial charge in [-0.15, -0.1) is 0 Å². The third-order valence-electron chi connectivity index (χ3n) is 4.27. The van der Waals surface area contributed by atoms with Crippen molar-refractivity contribution in [3.05, 3.63) is 89.5 Å². The minimum atomic E-state index is -0.144. The monoisotopic (exact) mass is 377 g/mol. The molecular formula is C23H23NO4. The number of rotatable bonds is 8. The van der Waals surface area contributed by atoms with E-state index in [2.05, 4.69) is 5.32 Å². The van der Waals surface area contributed by atoms with E-state index in [-0.39, 0.29) is 12.5 Å². The Morgan fingerprint density at radius 1 is 0.857 bits per heavy atom. The van der Waals surface area contributed by atoms with Crippen LogP contribution in [0.3, 0.4) is 0 Å². The van der Waals surface area contributed by atoms with Gasteiger partial charge in [0.1, 0.15) is 23.9 Å². The van der Waals surface area contributed by atoms with Crippen molar-refractivity contribution in [1.82, 2.24) is 5.32 Å². The average molecular weight is 377 g/mol. The number of ether oxygens (including phenoxy) is 3. The molecular weight excluding hydrogens is 354 g/mol. The first kappa shape index (κ1) is 19.3. The molecule has 5 heteroatoms. The summed E-state index contributed by atoms with van der Waals surface area (Å²) in [5.41, 5.74) is 2.39. The molecule has 0 saturated carbocycles. The summed E-state index contributed by atoms with van der Waals surface area (Å²) in [6, 6.07) is 22.5. The summed E-state index contributed by atoms with van der Waals surface area (Å²) in [5, 5.41) is 2.93. The summed E-state index contributed by atoms with van der Waals surface area (Å²) >= 11 is 0. The molecule has 3 aromatic carbocycles. The number of hydrogen-bond donors (Lipinski definition) is 1. The normalized spacial score (nSPS) is 10.2. The van der Waals surface area contributed by atoms with Gasteiger partial charge in [-0.1, -0.05) is 36.4 Å². The lowest BCUT2D eigenvalue weighted by Crippen LogP contribution is -2.23. The Morgan fingerprint density at radius 3 is 2.39 bits per heavy atom. The summed E-state index contributed by atoms with van der Waals surface area (Å²) < 4.78 is 16.5. The maximum Gasteiger partial charge on any atom is 0.251 e. The fraction of sp³-hybridized carbons (Fsp3) is 0.174. The van der Waals surface area contributed by atoms with Gasteiger partial charge in [0, 0.05) is 23.7 Å². The molecule has 3 aromatic rings. The molecule has 1 N–H and O–H groups in total. The third-order valence-corrected chi connectivity index (χ3v) is 4.27. The van der Waals surface area contributed by atoms with E-state index >= 15 is 0 Å². The smallest absolute Gasteiger partial charge is 0.251 e. The van der Waals surface area contributed by atoms with Gasteiger partial charge in [0.15, 0.2) is 0 Å². The van der Waals surface area contributed by atoms with Gasteiger partial charge >= 0.3 is 0 Å². The zero-order valence-corrected chi connectivity index (χ0v) is 16.0. The highest BCUT2D eigenvalue weighted by molar-refractivity contribution is 5.94. The minimum absolute atomic E-state index is 0.144.